The largest absolute Gasteiger partial charge is 0.458 e. The van der Waals surface area contributed by atoms with E-state index in [9.17, 15) is 24.3 Å². The van der Waals surface area contributed by atoms with Gasteiger partial charge in [-0.15, -0.1) is 0 Å². The molecule has 4 aromatic rings. The molecule has 3 aliphatic rings. The molecule has 0 bridgehead atoms. The summed E-state index contributed by atoms with van der Waals surface area (Å²) in [5, 5.41) is 20.1. The first kappa shape index (κ1) is 36.1. The first-order chi connectivity index (χ1) is 25.2. The average molecular weight is 734 g/mol. The number of esters is 1. The van der Waals surface area contributed by atoms with E-state index in [2.05, 4.69) is 16.0 Å². The Kier molecular flexibility index (Phi) is 9.24. The minimum atomic E-state index is -2.03. The third-order valence-corrected chi connectivity index (χ3v) is 10.6. The van der Waals surface area contributed by atoms with Crippen molar-refractivity contribution in [3.8, 4) is 11.4 Å². The van der Waals surface area contributed by atoms with E-state index in [1.807, 2.05) is 0 Å². The number of carbonyl (C=O) groups excluding carboxylic acids is 3. The van der Waals surface area contributed by atoms with Crippen LogP contribution in [0.25, 0.3) is 22.3 Å². The number of rotatable bonds is 10. The molecule has 13 nitrogen and oxygen atoms in total. The van der Waals surface area contributed by atoms with Crippen LogP contribution in [0.1, 0.15) is 77.6 Å². The molecule has 0 fully saturated rings. The minimum absolute atomic E-state index is 0.0313. The second-order valence-corrected chi connectivity index (χ2v) is 13.7. The molecule has 8 N–H and O–H groups in total. The van der Waals surface area contributed by atoms with E-state index in [0.29, 0.717) is 52.7 Å². The number of cyclic esters (lactones) is 1. The summed E-state index contributed by atoms with van der Waals surface area (Å²) in [7, 11) is 0. The molecule has 16 heteroatoms. The summed E-state index contributed by atoms with van der Waals surface area (Å²) in [5.41, 5.74) is 12.0. The number of urea groups is 1. The van der Waals surface area contributed by atoms with E-state index in [0.717, 1.165) is 23.3 Å². The Morgan fingerprint density at radius 3 is 2.55 bits per heavy atom. The van der Waals surface area contributed by atoms with Gasteiger partial charge in [0.05, 0.1) is 35.1 Å². The monoisotopic (exact) mass is 733 g/mol. The fourth-order valence-corrected chi connectivity index (χ4v) is 7.73. The van der Waals surface area contributed by atoms with Crippen LogP contribution in [0, 0.1) is 24.4 Å². The maximum absolute atomic E-state index is 15.5. The van der Waals surface area contributed by atoms with Crippen molar-refractivity contribution < 1.29 is 37.4 Å². The number of hydrogen-bond donors (Lipinski definition) is 6. The van der Waals surface area contributed by atoms with Crippen LogP contribution in [-0.2, 0) is 46.0 Å². The van der Waals surface area contributed by atoms with Gasteiger partial charge in [0.15, 0.2) is 5.60 Å². The van der Waals surface area contributed by atoms with Gasteiger partial charge in [-0.1, -0.05) is 6.92 Å². The summed E-state index contributed by atoms with van der Waals surface area (Å²) in [6.07, 6.45) is 1.41. The van der Waals surface area contributed by atoms with Gasteiger partial charge in [0.25, 0.3) is 5.56 Å². The number of primary amides is 1. The van der Waals surface area contributed by atoms with Crippen molar-refractivity contribution in [2.75, 3.05) is 11.9 Å². The van der Waals surface area contributed by atoms with Crippen molar-refractivity contribution in [3.05, 3.63) is 91.0 Å². The Balaban J connectivity index is 1.20. The van der Waals surface area contributed by atoms with Crippen LogP contribution in [0.4, 0.5) is 23.7 Å². The van der Waals surface area contributed by atoms with Crippen LogP contribution in [0.2, 0.25) is 0 Å². The highest BCUT2D eigenvalue weighted by Gasteiger charge is 2.46. The smallest absolute Gasteiger partial charge is 0.343 e. The lowest BCUT2D eigenvalue weighted by molar-refractivity contribution is -0.172. The van der Waals surface area contributed by atoms with Gasteiger partial charge in [-0.25, -0.2) is 27.7 Å². The molecule has 0 saturated carbocycles. The van der Waals surface area contributed by atoms with E-state index in [4.69, 9.17) is 21.2 Å². The molecule has 53 heavy (non-hydrogen) atoms. The summed E-state index contributed by atoms with van der Waals surface area (Å²) < 4.78 is 52.9. The van der Waals surface area contributed by atoms with Gasteiger partial charge >= 0.3 is 12.0 Å². The number of nitrogens with one attached hydrogen (secondary N) is 3. The number of hydrogen-bond acceptors (Lipinski definition) is 9. The van der Waals surface area contributed by atoms with E-state index in [-0.39, 0.29) is 61.5 Å². The van der Waals surface area contributed by atoms with Crippen molar-refractivity contribution >= 4 is 34.5 Å². The highest BCUT2D eigenvalue weighted by molar-refractivity contribution is 5.95. The molecule has 7 rings (SSSR count). The topological polar surface area (TPSA) is 204 Å². The zero-order chi connectivity index (χ0) is 37.9. The lowest BCUT2D eigenvalue weighted by atomic mass is 9.81. The molecule has 4 heterocycles. The number of benzene rings is 2. The molecule has 2 aliphatic heterocycles. The second kappa shape index (κ2) is 13.6. The predicted molar refractivity (Wildman–Crippen MR) is 187 cm³/mol. The van der Waals surface area contributed by atoms with Crippen LogP contribution in [-0.4, -0.2) is 45.2 Å². The van der Waals surface area contributed by atoms with Gasteiger partial charge in [-0.05, 0) is 73.9 Å². The Morgan fingerprint density at radius 2 is 1.85 bits per heavy atom. The number of aryl methyl sites for hydroxylation is 1. The molecule has 0 radical (unpaired) electrons. The zero-order valence-electron chi connectivity index (χ0n) is 29.0. The molecule has 0 saturated heterocycles. The quantitative estimate of drug-likeness (QED) is 0.0920. The lowest BCUT2D eigenvalue weighted by Crippen LogP contribution is -2.44. The number of nitrogens with two attached hydrogens (primary N) is 2. The fourth-order valence-electron chi connectivity index (χ4n) is 7.73. The SMILES string of the molecule is CC[C@@]1(O)C(=O)OCc2c1cc1n(c2=O)Cc2c-1nc1cc(F)c(C)c3c1c2[C@@H](NCc1c(F)cc(NC(=O)C(N)CCCNC(N)=O)cc1F)CC3. The van der Waals surface area contributed by atoms with Crippen LogP contribution in [0.5, 0.6) is 0 Å². The van der Waals surface area contributed by atoms with Crippen molar-refractivity contribution in [2.24, 2.45) is 11.5 Å². The maximum Gasteiger partial charge on any atom is 0.343 e. The fraction of sp³-hybridized carbons (Fsp3) is 0.378. The predicted octanol–water partition coefficient (Wildman–Crippen LogP) is 3.30. The summed E-state index contributed by atoms with van der Waals surface area (Å²) in [6.45, 7) is 3.05. The number of aromatic nitrogens is 2. The van der Waals surface area contributed by atoms with Gasteiger partial charge in [-0.3, -0.25) is 9.59 Å². The van der Waals surface area contributed by atoms with E-state index in [1.54, 1.807) is 19.9 Å². The van der Waals surface area contributed by atoms with Gasteiger partial charge in [0.2, 0.25) is 5.91 Å². The number of amides is 3. The summed E-state index contributed by atoms with van der Waals surface area (Å²) >= 11 is 0. The van der Waals surface area contributed by atoms with Gasteiger partial charge < -0.3 is 41.8 Å². The van der Waals surface area contributed by atoms with Crippen LogP contribution < -0.4 is 33.0 Å². The van der Waals surface area contributed by atoms with Crippen LogP contribution in [0.3, 0.4) is 0 Å². The number of nitrogens with zero attached hydrogens (tertiary/aromatic N) is 2. The number of ether oxygens (including phenoxy) is 1. The standard InChI is InChI=1S/C37H38F3N7O6/c1-3-37(52)22-11-29-32-20(14-47(29)34(49)21(22)15-53-35(37)50)31-27(7-6-18-16(2)23(38)12-28(46-32)30(18)31)44-13-19-24(39)9-17(10-25(19)40)45-33(48)26(41)5-4-8-43-36(42)51/h9-12,26-27,44,52H,3-8,13-15,41H2,1-2H3,(H,45,48)(H3,42,43,51)/t26?,27-,37-/m0/s1. The molecule has 2 aromatic carbocycles. The zero-order valence-corrected chi connectivity index (χ0v) is 29.0. The van der Waals surface area contributed by atoms with Gasteiger partial charge in [0, 0.05) is 53.0 Å². The molecule has 0 spiro atoms. The average Bonchev–Trinajstić information content (AvgIpc) is 3.49. The Hall–Kier alpha value is -5.32. The number of fused-ring (bicyclic) bond motifs is 5. The Labute approximate surface area is 300 Å². The number of anilines is 1. The highest BCUT2D eigenvalue weighted by Crippen LogP contribution is 2.46. The first-order valence-corrected chi connectivity index (χ1v) is 17.4. The van der Waals surface area contributed by atoms with Gasteiger partial charge in [0.1, 0.15) is 24.1 Å². The van der Waals surface area contributed by atoms with Crippen LogP contribution >= 0.6 is 0 Å². The second-order valence-electron chi connectivity index (χ2n) is 13.7. The summed E-state index contributed by atoms with van der Waals surface area (Å²) in [4.78, 5) is 54.7. The van der Waals surface area contributed by atoms with Crippen LogP contribution in [0.15, 0.2) is 29.1 Å². The molecule has 1 aliphatic carbocycles. The molecular weight excluding hydrogens is 695 g/mol. The Morgan fingerprint density at radius 1 is 1.11 bits per heavy atom. The summed E-state index contributed by atoms with van der Waals surface area (Å²) in [5.74, 6) is -3.77. The molecule has 2 aromatic heterocycles. The third kappa shape index (κ3) is 6.09. The molecule has 3 atom stereocenters. The van der Waals surface area contributed by atoms with Crippen molar-refractivity contribution in [1.29, 1.82) is 0 Å². The minimum Gasteiger partial charge on any atom is -0.458 e. The van der Waals surface area contributed by atoms with Crippen molar-refractivity contribution in [1.82, 2.24) is 20.2 Å². The number of aliphatic hydroxyl groups is 1. The number of halogens is 3. The summed E-state index contributed by atoms with van der Waals surface area (Å²) in [6, 6.07) is 2.71. The molecule has 3 amide bonds. The maximum atomic E-state index is 15.5. The number of carbonyl (C=O) groups is 3. The molecule has 278 valence electrons. The Bertz CT molecular complexity index is 2270. The lowest BCUT2D eigenvalue weighted by Gasteiger charge is -2.31. The molecular formula is C37H38F3N7O6. The van der Waals surface area contributed by atoms with Gasteiger partial charge in [-0.2, -0.15) is 0 Å². The third-order valence-electron chi connectivity index (χ3n) is 10.6. The van der Waals surface area contributed by atoms with Crippen molar-refractivity contribution in [3.63, 3.8) is 0 Å². The molecule has 1 unspecified atom stereocenters. The number of pyridine rings is 2. The first-order valence-electron chi connectivity index (χ1n) is 17.4. The van der Waals surface area contributed by atoms with E-state index in [1.165, 1.54) is 10.6 Å². The normalized spacial score (nSPS) is 18.9. The van der Waals surface area contributed by atoms with E-state index < -0.39 is 58.6 Å². The van der Waals surface area contributed by atoms with E-state index >= 15 is 13.2 Å². The van der Waals surface area contributed by atoms with Crippen molar-refractivity contribution in [2.45, 2.75) is 83.3 Å². The highest BCUT2D eigenvalue weighted by atomic mass is 19.1.